The molecule has 0 bridgehead atoms. The van der Waals surface area contributed by atoms with Crippen LogP contribution >= 0.6 is 11.8 Å². The average molecular weight is 272 g/mol. The van der Waals surface area contributed by atoms with Gasteiger partial charge in [0.05, 0.1) is 5.55 Å². The molecular weight excluding hydrogens is 244 g/mol. The first-order valence-electron chi connectivity index (χ1n) is 6.73. The molecule has 0 aromatic rings. The van der Waals surface area contributed by atoms with Gasteiger partial charge < -0.3 is 5.11 Å². The second kappa shape index (κ2) is 11.8. The summed E-state index contributed by atoms with van der Waals surface area (Å²) in [6.45, 7) is 8.44. The van der Waals surface area contributed by atoms with Crippen LogP contribution in [0.3, 0.4) is 0 Å². The van der Waals surface area contributed by atoms with Crippen molar-refractivity contribution in [1.82, 2.24) is 5.32 Å². The Morgan fingerprint density at radius 1 is 1.44 bits per heavy atom. The smallest absolute Gasteiger partial charge is 0.106 e. The van der Waals surface area contributed by atoms with Crippen LogP contribution in [-0.4, -0.2) is 35.7 Å². The zero-order valence-electron chi connectivity index (χ0n) is 11.9. The maximum absolute atomic E-state index is 8.82. The predicted octanol–water partition coefficient (Wildman–Crippen LogP) is 3.06. The van der Waals surface area contributed by atoms with Crippen molar-refractivity contribution in [2.24, 2.45) is 10.9 Å². The van der Waals surface area contributed by atoms with Crippen LogP contribution in [0.5, 0.6) is 0 Å². The Morgan fingerprint density at radius 2 is 2.17 bits per heavy atom. The van der Waals surface area contributed by atoms with E-state index < -0.39 is 0 Å². The minimum absolute atomic E-state index is 0.106. The molecule has 0 radical (unpaired) electrons. The highest BCUT2D eigenvalue weighted by atomic mass is 32.2. The largest absolute Gasteiger partial charge is 0.396 e. The van der Waals surface area contributed by atoms with Gasteiger partial charge in [-0.05, 0) is 31.9 Å². The Labute approximate surface area is 116 Å². The molecule has 3 nitrogen and oxygen atoms in total. The molecule has 3 unspecified atom stereocenters. The topological polar surface area (TPSA) is 44.6 Å². The highest BCUT2D eigenvalue weighted by Crippen LogP contribution is 2.11. The molecule has 0 saturated heterocycles. The van der Waals surface area contributed by atoms with Crippen LogP contribution in [0.1, 0.15) is 39.5 Å². The summed E-state index contributed by atoms with van der Waals surface area (Å²) in [6, 6.07) is 0.461. The maximum Gasteiger partial charge on any atom is 0.106 e. The van der Waals surface area contributed by atoms with E-state index in [0.717, 1.165) is 25.7 Å². The first-order chi connectivity index (χ1) is 8.69. The number of aliphatic hydroxyl groups excluding tert-OH is 1. The molecule has 0 fully saturated rings. The predicted molar refractivity (Wildman–Crippen MR) is 83.3 cm³/mol. The van der Waals surface area contributed by atoms with Crippen molar-refractivity contribution in [3.63, 3.8) is 0 Å². The van der Waals surface area contributed by atoms with Gasteiger partial charge in [0.2, 0.25) is 0 Å². The Morgan fingerprint density at radius 3 is 2.67 bits per heavy atom. The number of aliphatic hydroxyl groups is 1. The van der Waals surface area contributed by atoms with Crippen LogP contribution in [0.4, 0.5) is 0 Å². The fourth-order valence-corrected chi connectivity index (χ4v) is 1.99. The minimum Gasteiger partial charge on any atom is -0.396 e. The standard InChI is InChI=1S/C14H28N2OS/c1-5-12(3)14(15-11-18-4)16-13(6-2)9-7-8-10-17/h5,11-14,16-17H,1,6-10H2,2-4H3. The molecule has 0 saturated carbocycles. The lowest BCUT2D eigenvalue weighted by Gasteiger charge is -2.25. The molecular formula is C14H28N2OS. The maximum atomic E-state index is 8.82. The van der Waals surface area contributed by atoms with E-state index in [1.807, 2.05) is 17.9 Å². The van der Waals surface area contributed by atoms with E-state index in [2.05, 4.69) is 30.7 Å². The molecule has 0 amide bonds. The van der Waals surface area contributed by atoms with Crippen LogP contribution in [0.15, 0.2) is 17.6 Å². The monoisotopic (exact) mass is 272 g/mol. The van der Waals surface area contributed by atoms with E-state index in [1.165, 1.54) is 0 Å². The fourth-order valence-electron chi connectivity index (χ4n) is 1.74. The summed E-state index contributed by atoms with van der Waals surface area (Å²) < 4.78 is 0. The molecule has 0 aliphatic carbocycles. The number of hydrogen-bond acceptors (Lipinski definition) is 4. The lowest BCUT2D eigenvalue weighted by atomic mass is 10.0. The summed E-state index contributed by atoms with van der Waals surface area (Å²) in [5.41, 5.74) is 1.89. The first kappa shape index (κ1) is 17.7. The van der Waals surface area contributed by atoms with Crippen molar-refractivity contribution in [1.29, 1.82) is 0 Å². The summed E-state index contributed by atoms with van der Waals surface area (Å²) in [4.78, 5) is 4.54. The van der Waals surface area contributed by atoms with Crippen molar-refractivity contribution in [3.8, 4) is 0 Å². The molecule has 0 spiro atoms. The Balaban J connectivity index is 4.32. The zero-order chi connectivity index (χ0) is 13.8. The molecule has 0 rings (SSSR count). The van der Waals surface area contributed by atoms with E-state index in [0.29, 0.717) is 12.0 Å². The van der Waals surface area contributed by atoms with Gasteiger partial charge in [-0.25, -0.2) is 0 Å². The number of nitrogens with zero attached hydrogens (tertiary/aromatic N) is 1. The van der Waals surface area contributed by atoms with Gasteiger partial charge in [0.1, 0.15) is 6.17 Å². The SMILES string of the molecule is C=CC(C)C(N=CSC)NC(CC)CCCCO. The molecule has 0 aromatic heterocycles. The molecule has 2 N–H and O–H groups in total. The van der Waals surface area contributed by atoms with Crippen LogP contribution in [0.2, 0.25) is 0 Å². The average Bonchev–Trinajstić information content (AvgIpc) is 2.40. The van der Waals surface area contributed by atoms with Crippen LogP contribution < -0.4 is 5.32 Å². The van der Waals surface area contributed by atoms with Gasteiger partial charge in [0.15, 0.2) is 0 Å². The van der Waals surface area contributed by atoms with Crippen molar-refractivity contribution in [3.05, 3.63) is 12.7 Å². The van der Waals surface area contributed by atoms with Gasteiger partial charge in [0, 0.05) is 18.6 Å². The number of thioether (sulfide) groups is 1. The fraction of sp³-hybridized carbons (Fsp3) is 0.786. The first-order valence-corrected chi connectivity index (χ1v) is 8.02. The summed E-state index contributed by atoms with van der Waals surface area (Å²) in [7, 11) is 0. The van der Waals surface area contributed by atoms with Crippen molar-refractivity contribution in [2.45, 2.75) is 51.7 Å². The van der Waals surface area contributed by atoms with Gasteiger partial charge >= 0.3 is 0 Å². The molecule has 0 heterocycles. The van der Waals surface area contributed by atoms with Crippen LogP contribution in [-0.2, 0) is 0 Å². The molecule has 0 aliphatic heterocycles. The highest BCUT2D eigenvalue weighted by Gasteiger charge is 2.16. The van der Waals surface area contributed by atoms with Gasteiger partial charge in [0.25, 0.3) is 0 Å². The Hall–Kier alpha value is -0.320. The van der Waals surface area contributed by atoms with Crippen molar-refractivity contribution in [2.75, 3.05) is 12.9 Å². The number of nitrogens with one attached hydrogen (secondary N) is 1. The van der Waals surface area contributed by atoms with E-state index in [9.17, 15) is 0 Å². The molecule has 18 heavy (non-hydrogen) atoms. The lowest BCUT2D eigenvalue weighted by molar-refractivity contribution is 0.275. The van der Waals surface area contributed by atoms with Gasteiger partial charge in [-0.3, -0.25) is 10.3 Å². The van der Waals surface area contributed by atoms with Gasteiger partial charge in [-0.15, -0.1) is 18.3 Å². The summed E-state index contributed by atoms with van der Waals surface area (Å²) in [6.07, 6.45) is 8.17. The van der Waals surface area contributed by atoms with E-state index in [1.54, 1.807) is 11.8 Å². The summed E-state index contributed by atoms with van der Waals surface area (Å²) in [5.74, 6) is 0.320. The van der Waals surface area contributed by atoms with Crippen LogP contribution in [0.25, 0.3) is 0 Å². The summed E-state index contributed by atoms with van der Waals surface area (Å²) >= 11 is 1.61. The van der Waals surface area contributed by atoms with Crippen molar-refractivity contribution >= 4 is 17.3 Å². The quantitative estimate of drug-likeness (QED) is 0.263. The Bertz CT molecular complexity index is 234. The number of rotatable bonds is 11. The van der Waals surface area contributed by atoms with Gasteiger partial charge in [-0.1, -0.05) is 19.9 Å². The zero-order valence-corrected chi connectivity index (χ0v) is 12.7. The van der Waals surface area contributed by atoms with E-state index in [-0.39, 0.29) is 12.8 Å². The minimum atomic E-state index is 0.106. The molecule has 0 aliphatic rings. The number of hydrogen-bond donors (Lipinski definition) is 2. The highest BCUT2D eigenvalue weighted by molar-refractivity contribution is 8.11. The Kier molecular flexibility index (Phi) is 11.5. The van der Waals surface area contributed by atoms with Crippen LogP contribution in [0, 0.1) is 5.92 Å². The van der Waals surface area contributed by atoms with E-state index >= 15 is 0 Å². The third kappa shape index (κ3) is 7.90. The van der Waals surface area contributed by atoms with Gasteiger partial charge in [-0.2, -0.15) is 0 Å². The van der Waals surface area contributed by atoms with Crippen molar-refractivity contribution < 1.29 is 5.11 Å². The molecule has 106 valence electrons. The third-order valence-electron chi connectivity index (χ3n) is 3.06. The second-order valence-electron chi connectivity index (χ2n) is 4.52. The lowest BCUT2D eigenvalue weighted by Crippen LogP contribution is -2.40. The molecule has 4 heteroatoms. The number of unbranched alkanes of at least 4 members (excludes halogenated alkanes) is 1. The number of aliphatic imine (C=N–C) groups is 1. The third-order valence-corrected chi connectivity index (χ3v) is 3.39. The van der Waals surface area contributed by atoms with E-state index in [4.69, 9.17) is 5.11 Å². The molecule has 3 atom stereocenters. The summed E-state index contributed by atoms with van der Waals surface area (Å²) in [5, 5.41) is 12.4. The normalized spacial score (nSPS) is 16.7. The second-order valence-corrected chi connectivity index (χ2v) is 5.20. The molecule has 0 aromatic carbocycles.